The molecular weight excluding hydrogens is 242 g/mol. The molecule has 0 aliphatic rings. The maximum absolute atomic E-state index is 5.35. The zero-order chi connectivity index (χ0) is 13.5. The van der Waals surface area contributed by atoms with Crippen molar-refractivity contribution in [1.29, 1.82) is 0 Å². The zero-order valence-corrected chi connectivity index (χ0v) is 11.1. The van der Waals surface area contributed by atoms with Crippen molar-refractivity contribution in [3.05, 3.63) is 48.0 Å². The van der Waals surface area contributed by atoms with Crippen LogP contribution in [-0.4, -0.2) is 24.2 Å². The van der Waals surface area contributed by atoms with Crippen LogP contribution in [0.15, 0.2) is 36.9 Å². The average Bonchev–Trinajstić information content (AvgIpc) is 2.48. The van der Waals surface area contributed by atoms with Crippen LogP contribution >= 0.6 is 0 Å². The summed E-state index contributed by atoms with van der Waals surface area (Å²) < 4.78 is 10.5. The highest BCUT2D eigenvalue weighted by molar-refractivity contribution is 5.40. The fourth-order valence-electron chi connectivity index (χ4n) is 1.76. The third kappa shape index (κ3) is 3.66. The Balaban J connectivity index is 1.96. The highest BCUT2D eigenvalue weighted by Gasteiger charge is 2.04. The minimum atomic E-state index is 0.710. The molecule has 0 amide bonds. The van der Waals surface area contributed by atoms with Gasteiger partial charge in [0.15, 0.2) is 0 Å². The van der Waals surface area contributed by atoms with Crippen LogP contribution in [0.25, 0.3) is 0 Å². The minimum Gasteiger partial charge on any atom is -0.497 e. The maximum atomic E-state index is 5.35. The number of hydrogen-bond acceptors (Lipinski definition) is 5. The first-order chi connectivity index (χ1) is 9.33. The van der Waals surface area contributed by atoms with Crippen LogP contribution in [0.4, 0.5) is 0 Å². The maximum Gasteiger partial charge on any atom is 0.127 e. The molecule has 0 radical (unpaired) electrons. The number of aromatic nitrogens is 2. The van der Waals surface area contributed by atoms with E-state index >= 15 is 0 Å². The van der Waals surface area contributed by atoms with Gasteiger partial charge >= 0.3 is 0 Å². The van der Waals surface area contributed by atoms with E-state index in [0.717, 1.165) is 29.2 Å². The Kier molecular flexibility index (Phi) is 4.69. The molecule has 1 heterocycles. The van der Waals surface area contributed by atoms with Crippen LogP contribution in [-0.2, 0) is 13.1 Å². The molecule has 2 rings (SSSR count). The Morgan fingerprint density at radius 1 is 1.05 bits per heavy atom. The van der Waals surface area contributed by atoms with Crippen molar-refractivity contribution in [1.82, 2.24) is 15.3 Å². The second-order valence-corrected chi connectivity index (χ2v) is 4.03. The van der Waals surface area contributed by atoms with E-state index in [1.165, 1.54) is 6.33 Å². The summed E-state index contributed by atoms with van der Waals surface area (Å²) in [5.41, 5.74) is 2.13. The fraction of sp³-hybridized carbons (Fsp3) is 0.286. The lowest BCUT2D eigenvalue weighted by Gasteiger charge is -2.11. The van der Waals surface area contributed by atoms with Crippen LogP contribution in [0.5, 0.6) is 11.5 Å². The van der Waals surface area contributed by atoms with Crippen molar-refractivity contribution in [2.75, 3.05) is 14.2 Å². The van der Waals surface area contributed by atoms with Crippen molar-refractivity contribution in [3.8, 4) is 11.5 Å². The summed E-state index contributed by atoms with van der Waals surface area (Å²) in [5, 5.41) is 3.33. The topological polar surface area (TPSA) is 56.3 Å². The molecule has 0 spiro atoms. The molecule has 19 heavy (non-hydrogen) atoms. The Labute approximate surface area is 112 Å². The molecule has 2 aromatic rings. The number of nitrogens with one attached hydrogen (secondary N) is 1. The van der Waals surface area contributed by atoms with Crippen LogP contribution in [0.1, 0.15) is 11.1 Å². The van der Waals surface area contributed by atoms with Gasteiger partial charge in [-0.05, 0) is 6.07 Å². The smallest absolute Gasteiger partial charge is 0.127 e. The van der Waals surface area contributed by atoms with Crippen molar-refractivity contribution < 1.29 is 9.47 Å². The van der Waals surface area contributed by atoms with Gasteiger partial charge in [-0.2, -0.15) is 0 Å². The van der Waals surface area contributed by atoms with Crippen LogP contribution in [0, 0.1) is 0 Å². The highest BCUT2D eigenvalue weighted by Crippen LogP contribution is 2.24. The standard InChI is InChI=1S/C14H17N3O2/c1-18-13-4-3-12(14(5-13)19-2)9-15-6-11-7-16-10-17-8-11/h3-5,7-8,10,15H,6,9H2,1-2H3. The lowest BCUT2D eigenvalue weighted by Crippen LogP contribution is -2.13. The second-order valence-electron chi connectivity index (χ2n) is 4.03. The van der Waals surface area contributed by atoms with Gasteiger partial charge in [0.05, 0.1) is 14.2 Å². The van der Waals surface area contributed by atoms with E-state index in [0.29, 0.717) is 6.54 Å². The van der Waals surface area contributed by atoms with E-state index in [1.54, 1.807) is 26.6 Å². The molecule has 0 saturated carbocycles. The van der Waals surface area contributed by atoms with Crippen molar-refractivity contribution in [2.45, 2.75) is 13.1 Å². The van der Waals surface area contributed by atoms with Crippen LogP contribution in [0.2, 0.25) is 0 Å². The summed E-state index contributed by atoms with van der Waals surface area (Å²) in [4.78, 5) is 7.95. The van der Waals surface area contributed by atoms with Gasteiger partial charge in [0, 0.05) is 42.7 Å². The SMILES string of the molecule is COc1ccc(CNCc2cncnc2)c(OC)c1. The first-order valence-corrected chi connectivity index (χ1v) is 5.99. The molecule has 1 aromatic carbocycles. The predicted molar refractivity (Wildman–Crippen MR) is 72.1 cm³/mol. The number of rotatable bonds is 6. The summed E-state index contributed by atoms with van der Waals surface area (Å²) in [6, 6.07) is 5.79. The number of hydrogen-bond donors (Lipinski definition) is 1. The van der Waals surface area contributed by atoms with Gasteiger partial charge < -0.3 is 14.8 Å². The number of methoxy groups -OCH3 is 2. The zero-order valence-electron chi connectivity index (χ0n) is 11.1. The normalized spacial score (nSPS) is 10.2. The van der Waals surface area contributed by atoms with Gasteiger partial charge in [0.25, 0.3) is 0 Å². The third-order valence-corrected chi connectivity index (χ3v) is 2.75. The van der Waals surface area contributed by atoms with E-state index in [9.17, 15) is 0 Å². The first-order valence-electron chi connectivity index (χ1n) is 5.99. The van der Waals surface area contributed by atoms with E-state index in [-0.39, 0.29) is 0 Å². The van der Waals surface area contributed by atoms with E-state index in [2.05, 4.69) is 15.3 Å². The highest BCUT2D eigenvalue weighted by atomic mass is 16.5. The number of ether oxygens (including phenoxy) is 2. The summed E-state index contributed by atoms with van der Waals surface area (Å²) in [6.45, 7) is 1.43. The van der Waals surface area contributed by atoms with Crippen molar-refractivity contribution >= 4 is 0 Å². The Morgan fingerprint density at radius 3 is 2.53 bits per heavy atom. The van der Waals surface area contributed by atoms with Gasteiger partial charge in [-0.25, -0.2) is 9.97 Å². The summed E-state index contributed by atoms with van der Waals surface area (Å²) in [6.07, 6.45) is 5.12. The molecule has 0 unspecified atom stereocenters. The second kappa shape index (κ2) is 6.70. The Bertz CT molecular complexity index is 517. The third-order valence-electron chi connectivity index (χ3n) is 2.75. The number of benzene rings is 1. The molecule has 0 bridgehead atoms. The molecule has 1 aromatic heterocycles. The molecule has 0 fully saturated rings. The minimum absolute atomic E-state index is 0.710. The molecule has 0 atom stereocenters. The van der Waals surface area contributed by atoms with E-state index in [1.807, 2.05) is 18.2 Å². The van der Waals surface area contributed by atoms with Gasteiger partial charge in [0.1, 0.15) is 17.8 Å². The van der Waals surface area contributed by atoms with E-state index < -0.39 is 0 Å². The lowest BCUT2D eigenvalue weighted by molar-refractivity contribution is 0.390. The molecule has 0 aliphatic heterocycles. The largest absolute Gasteiger partial charge is 0.497 e. The molecule has 100 valence electrons. The average molecular weight is 259 g/mol. The summed E-state index contributed by atoms with van der Waals surface area (Å²) in [7, 11) is 3.30. The van der Waals surface area contributed by atoms with Gasteiger partial charge in [-0.15, -0.1) is 0 Å². The Morgan fingerprint density at radius 2 is 1.84 bits per heavy atom. The number of nitrogens with zero attached hydrogens (tertiary/aromatic N) is 2. The fourth-order valence-corrected chi connectivity index (χ4v) is 1.76. The Hall–Kier alpha value is -2.14. The quantitative estimate of drug-likeness (QED) is 0.857. The molecule has 1 N–H and O–H groups in total. The lowest BCUT2D eigenvalue weighted by atomic mass is 10.2. The van der Waals surface area contributed by atoms with Gasteiger partial charge in [-0.1, -0.05) is 6.07 Å². The van der Waals surface area contributed by atoms with Crippen molar-refractivity contribution in [3.63, 3.8) is 0 Å². The molecule has 5 nitrogen and oxygen atoms in total. The summed E-state index contributed by atoms with van der Waals surface area (Å²) >= 11 is 0. The monoisotopic (exact) mass is 259 g/mol. The first kappa shape index (κ1) is 13.3. The predicted octanol–water partition coefficient (Wildman–Crippen LogP) is 1.78. The van der Waals surface area contributed by atoms with Crippen LogP contribution in [0.3, 0.4) is 0 Å². The van der Waals surface area contributed by atoms with Crippen LogP contribution < -0.4 is 14.8 Å². The molecular formula is C14H17N3O2. The van der Waals surface area contributed by atoms with Gasteiger partial charge in [-0.3, -0.25) is 0 Å². The molecule has 5 heteroatoms. The van der Waals surface area contributed by atoms with Gasteiger partial charge in [0.2, 0.25) is 0 Å². The molecule has 0 aliphatic carbocycles. The van der Waals surface area contributed by atoms with Crippen molar-refractivity contribution in [2.24, 2.45) is 0 Å². The van der Waals surface area contributed by atoms with E-state index in [4.69, 9.17) is 9.47 Å². The molecule has 0 saturated heterocycles. The summed E-state index contributed by atoms with van der Waals surface area (Å²) in [5.74, 6) is 1.60.